The molecule has 0 unspecified atom stereocenters. The fraction of sp³-hybridized carbons (Fsp3) is 0.100. The first kappa shape index (κ1) is 18.0. The zero-order valence-corrected chi connectivity index (χ0v) is 14.4. The minimum absolute atomic E-state index is 0.396. The summed E-state index contributed by atoms with van der Waals surface area (Å²) in [5.41, 5.74) is 7.96. The van der Waals surface area contributed by atoms with Gasteiger partial charge in [-0.1, -0.05) is 24.8 Å². The van der Waals surface area contributed by atoms with Crippen molar-refractivity contribution in [2.45, 2.75) is 13.3 Å². The first-order valence-electron chi connectivity index (χ1n) is 8.10. The molecule has 134 valence electrons. The average molecular weight is 362 g/mol. The third kappa shape index (κ3) is 3.90. The van der Waals surface area contributed by atoms with Gasteiger partial charge in [-0.2, -0.15) is 0 Å². The molecule has 3 N–H and O–H groups in total. The molecule has 2 heterocycles. The summed E-state index contributed by atoms with van der Waals surface area (Å²) in [7, 11) is 0. The second-order valence-electron chi connectivity index (χ2n) is 5.62. The number of nitrogens with zero attached hydrogens (tertiary/aromatic N) is 3. The van der Waals surface area contributed by atoms with E-state index in [9.17, 15) is 9.18 Å². The lowest BCUT2D eigenvalue weighted by Gasteiger charge is -2.08. The number of carbonyl (C=O) groups is 1. The molecule has 3 rings (SSSR count). The van der Waals surface area contributed by atoms with Crippen LogP contribution in [-0.4, -0.2) is 26.0 Å². The summed E-state index contributed by atoms with van der Waals surface area (Å²) < 4.78 is 14.1. The van der Waals surface area contributed by atoms with Gasteiger partial charge in [0.15, 0.2) is 0 Å². The van der Waals surface area contributed by atoms with Crippen molar-refractivity contribution < 1.29 is 14.3 Å². The average Bonchev–Trinajstić information content (AvgIpc) is 2.67. The smallest absolute Gasteiger partial charge is 0.338 e. The zero-order chi connectivity index (χ0) is 19.4. The van der Waals surface area contributed by atoms with Crippen LogP contribution in [0.1, 0.15) is 34.1 Å². The van der Waals surface area contributed by atoms with Crippen LogP contribution in [-0.2, 0) is 6.42 Å². The van der Waals surface area contributed by atoms with Crippen molar-refractivity contribution in [1.82, 2.24) is 15.0 Å². The van der Waals surface area contributed by atoms with Crippen LogP contribution in [0.2, 0.25) is 0 Å². The molecular weight excluding hydrogens is 347 g/mol. The number of rotatable bonds is 3. The summed E-state index contributed by atoms with van der Waals surface area (Å²) in [6, 6.07) is 7.24. The van der Waals surface area contributed by atoms with Crippen LogP contribution in [0.25, 0.3) is 11.3 Å². The molecule has 0 amide bonds. The molecule has 0 saturated carbocycles. The Morgan fingerprint density at radius 2 is 2.00 bits per heavy atom. The van der Waals surface area contributed by atoms with Gasteiger partial charge >= 0.3 is 5.97 Å². The van der Waals surface area contributed by atoms with Crippen molar-refractivity contribution in [1.29, 1.82) is 0 Å². The lowest BCUT2D eigenvalue weighted by Crippen LogP contribution is -2.02. The highest BCUT2D eigenvalue weighted by Crippen LogP contribution is 2.25. The number of aryl methyl sites for hydroxylation is 1. The molecule has 27 heavy (non-hydrogen) atoms. The number of halogens is 1. The van der Waals surface area contributed by atoms with E-state index >= 15 is 0 Å². The number of hydrogen-bond donors (Lipinski definition) is 2. The second-order valence-corrected chi connectivity index (χ2v) is 5.62. The Morgan fingerprint density at radius 3 is 2.63 bits per heavy atom. The van der Waals surface area contributed by atoms with Gasteiger partial charge in [-0.25, -0.2) is 24.1 Å². The zero-order valence-electron chi connectivity index (χ0n) is 14.4. The second kappa shape index (κ2) is 7.62. The molecule has 0 aliphatic rings. The summed E-state index contributed by atoms with van der Waals surface area (Å²) in [4.78, 5) is 23.5. The Balaban J connectivity index is 2.11. The molecule has 0 aliphatic carbocycles. The predicted molar refractivity (Wildman–Crippen MR) is 98.4 cm³/mol. The Hall–Kier alpha value is -3.79. The summed E-state index contributed by atoms with van der Waals surface area (Å²) in [5.74, 6) is 4.24. The minimum atomic E-state index is -1.33. The van der Waals surface area contributed by atoms with Gasteiger partial charge in [0.1, 0.15) is 18.0 Å². The van der Waals surface area contributed by atoms with Crippen LogP contribution in [0, 0.1) is 17.7 Å². The maximum absolute atomic E-state index is 14.1. The molecule has 0 fully saturated rings. The highest BCUT2D eigenvalue weighted by atomic mass is 19.1. The predicted octanol–water partition coefficient (Wildman–Crippen LogP) is 2.92. The van der Waals surface area contributed by atoms with Crippen LogP contribution in [0.5, 0.6) is 0 Å². The van der Waals surface area contributed by atoms with Crippen LogP contribution < -0.4 is 5.73 Å². The number of benzene rings is 1. The van der Waals surface area contributed by atoms with Gasteiger partial charge in [0.25, 0.3) is 0 Å². The highest BCUT2D eigenvalue weighted by molar-refractivity contribution is 5.88. The first-order chi connectivity index (χ1) is 13.0. The molecule has 0 radical (unpaired) electrons. The number of nitrogens with two attached hydrogens (primary N) is 1. The number of carboxylic acids is 1. The van der Waals surface area contributed by atoms with E-state index in [1.54, 1.807) is 18.3 Å². The number of aromatic carboxylic acids is 1. The van der Waals surface area contributed by atoms with Gasteiger partial charge in [-0.15, -0.1) is 0 Å². The Morgan fingerprint density at radius 1 is 1.19 bits per heavy atom. The largest absolute Gasteiger partial charge is 0.478 e. The molecule has 6 nitrogen and oxygen atoms in total. The van der Waals surface area contributed by atoms with Gasteiger partial charge < -0.3 is 10.8 Å². The SMILES string of the molecule is CCc1ncnc(-c2ccc(C(=O)O)c(F)c2)c1C#Cc1ccc(N)nc1. The van der Waals surface area contributed by atoms with E-state index in [1.807, 2.05) is 6.92 Å². The van der Waals surface area contributed by atoms with Crippen molar-refractivity contribution in [3.05, 3.63) is 71.1 Å². The maximum atomic E-state index is 14.1. The van der Waals surface area contributed by atoms with Crippen LogP contribution in [0.4, 0.5) is 10.2 Å². The van der Waals surface area contributed by atoms with E-state index in [2.05, 4.69) is 26.8 Å². The van der Waals surface area contributed by atoms with Gasteiger partial charge in [0.05, 0.1) is 22.5 Å². The van der Waals surface area contributed by atoms with Crippen molar-refractivity contribution >= 4 is 11.8 Å². The normalized spacial score (nSPS) is 10.1. The Kier molecular flexibility index (Phi) is 5.08. The minimum Gasteiger partial charge on any atom is -0.478 e. The molecule has 7 heteroatoms. The van der Waals surface area contributed by atoms with Crippen molar-refractivity contribution in [2.75, 3.05) is 5.73 Å². The number of pyridine rings is 1. The van der Waals surface area contributed by atoms with Crippen LogP contribution >= 0.6 is 0 Å². The quantitative estimate of drug-likeness (QED) is 0.695. The number of nitrogen functional groups attached to an aromatic ring is 1. The summed E-state index contributed by atoms with van der Waals surface area (Å²) in [6.45, 7) is 1.93. The van der Waals surface area contributed by atoms with Gasteiger partial charge in [-0.3, -0.25) is 0 Å². The van der Waals surface area contributed by atoms with Crippen molar-refractivity contribution in [3.8, 4) is 23.1 Å². The molecule has 3 aromatic rings. The van der Waals surface area contributed by atoms with Gasteiger partial charge in [-0.05, 0) is 30.7 Å². The van der Waals surface area contributed by atoms with E-state index in [-0.39, 0.29) is 0 Å². The van der Waals surface area contributed by atoms with Gasteiger partial charge in [0.2, 0.25) is 0 Å². The monoisotopic (exact) mass is 362 g/mol. The van der Waals surface area contributed by atoms with E-state index in [0.29, 0.717) is 40.3 Å². The molecule has 0 bridgehead atoms. The molecule has 2 aromatic heterocycles. The van der Waals surface area contributed by atoms with Crippen LogP contribution in [0.15, 0.2) is 42.9 Å². The van der Waals surface area contributed by atoms with Gasteiger partial charge in [0, 0.05) is 17.3 Å². The molecule has 0 aliphatic heterocycles. The Labute approximate surface area is 154 Å². The summed E-state index contributed by atoms with van der Waals surface area (Å²) in [5, 5.41) is 8.99. The third-order valence-electron chi connectivity index (χ3n) is 3.85. The topological polar surface area (TPSA) is 102 Å². The lowest BCUT2D eigenvalue weighted by atomic mass is 10.0. The third-order valence-corrected chi connectivity index (χ3v) is 3.85. The highest BCUT2D eigenvalue weighted by Gasteiger charge is 2.15. The Bertz CT molecular complexity index is 1070. The summed E-state index contributed by atoms with van der Waals surface area (Å²) in [6.07, 6.45) is 3.54. The van der Waals surface area contributed by atoms with Crippen molar-refractivity contribution in [2.24, 2.45) is 0 Å². The van der Waals surface area contributed by atoms with E-state index < -0.39 is 17.3 Å². The lowest BCUT2D eigenvalue weighted by molar-refractivity contribution is 0.0692. The summed E-state index contributed by atoms with van der Waals surface area (Å²) >= 11 is 0. The molecule has 0 saturated heterocycles. The number of carboxylic acid groups (broad SMARTS) is 1. The van der Waals surface area contributed by atoms with E-state index in [0.717, 1.165) is 6.07 Å². The number of aromatic nitrogens is 3. The van der Waals surface area contributed by atoms with E-state index in [1.165, 1.54) is 18.5 Å². The van der Waals surface area contributed by atoms with Crippen LogP contribution in [0.3, 0.4) is 0 Å². The number of anilines is 1. The number of hydrogen-bond acceptors (Lipinski definition) is 5. The molecule has 0 atom stereocenters. The molecular formula is C20H15FN4O2. The fourth-order valence-electron chi connectivity index (χ4n) is 2.49. The molecule has 1 aromatic carbocycles. The van der Waals surface area contributed by atoms with E-state index in [4.69, 9.17) is 10.8 Å². The fourth-order valence-corrected chi connectivity index (χ4v) is 2.49. The van der Waals surface area contributed by atoms with Crippen molar-refractivity contribution in [3.63, 3.8) is 0 Å². The molecule has 0 spiro atoms. The standard InChI is InChI=1S/C20H15FN4O2/c1-2-17-15(6-3-12-4-8-18(22)23-10-12)19(25-11-24-17)13-5-7-14(20(26)27)16(21)9-13/h4-5,7-11H,2H2,1H3,(H2,22,23)(H,26,27). The maximum Gasteiger partial charge on any atom is 0.338 e. The first-order valence-corrected chi connectivity index (χ1v) is 8.10.